The summed E-state index contributed by atoms with van der Waals surface area (Å²) in [4.78, 5) is 13.6. The summed E-state index contributed by atoms with van der Waals surface area (Å²) < 4.78 is 0. The van der Waals surface area contributed by atoms with E-state index in [4.69, 9.17) is 0 Å². The predicted octanol–water partition coefficient (Wildman–Crippen LogP) is 1.24. The minimum absolute atomic E-state index is 0.294. The molecule has 1 N–H and O–H groups in total. The SMILES string of the molecule is CC1CC1CN(C)C(=O)CCNC1CC1. The largest absolute Gasteiger partial charge is 0.345 e. The zero-order valence-electron chi connectivity index (χ0n) is 9.83. The molecule has 2 aliphatic carbocycles. The van der Waals surface area contributed by atoms with Crippen molar-refractivity contribution < 1.29 is 4.79 Å². The van der Waals surface area contributed by atoms with E-state index in [0.29, 0.717) is 18.4 Å². The van der Waals surface area contributed by atoms with Gasteiger partial charge >= 0.3 is 0 Å². The average molecular weight is 210 g/mol. The molecule has 1 amide bonds. The Balaban J connectivity index is 1.56. The molecule has 3 nitrogen and oxygen atoms in total. The minimum Gasteiger partial charge on any atom is -0.345 e. The molecule has 0 heterocycles. The fourth-order valence-electron chi connectivity index (χ4n) is 1.97. The number of amides is 1. The fourth-order valence-corrected chi connectivity index (χ4v) is 1.97. The monoisotopic (exact) mass is 210 g/mol. The van der Waals surface area contributed by atoms with Crippen molar-refractivity contribution in [3.8, 4) is 0 Å². The molecule has 2 aliphatic rings. The van der Waals surface area contributed by atoms with Crippen LogP contribution in [-0.4, -0.2) is 37.0 Å². The smallest absolute Gasteiger partial charge is 0.223 e. The number of nitrogens with one attached hydrogen (secondary N) is 1. The molecule has 3 heteroatoms. The summed E-state index contributed by atoms with van der Waals surface area (Å²) in [7, 11) is 1.94. The normalized spacial score (nSPS) is 28.9. The van der Waals surface area contributed by atoms with Gasteiger partial charge in [-0.2, -0.15) is 0 Å². The van der Waals surface area contributed by atoms with Crippen LogP contribution in [0.3, 0.4) is 0 Å². The van der Waals surface area contributed by atoms with Crippen LogP contribution >= 0.6 is 0 Å². The van der Waals surface area contributed by atoms with Gasteiger partial charge < -0.3 is 10.2 Å². The van der Waals surface area contributed by atoms with Crippen LogP contribution in [-0.2, 0) is 4.79 Å². The van der Waals surface area contributed by atoms with Crippen LogP contribution in [0.2, 0.25) is 0 Å². The highest BCUT2D eigenvalue weighted by Crippen LogP contribution is 2.37. The number of rotatable bonds is 6. The topological polar surface area (TPSA) is 32.3 Å². The van der Waals surface area contributed by atoms with Crippen molar-refractivity contribution in [3.63, 3.8) is 0 Å². The molecule has 86 valence electrons. The molecule has 2 fully saturated rings. The van der Waals surface area contributed by atoms with Gasteiger partial charge in [0.05, 0.1) is 0 Å². The van der Waals surface area contributed by atoms with Crippen molar-refractivity contribution in [1.29, 1.82) is 0 Å². The zero-order valence-corrected chi connectivity index (χ0v) is 9.83. The van der Waals surface area contributed by atoms with E-state index in [1.807, 2.05) is 11.9 Å². The molecule has 0 aromatic heterocycles. The first-order valence-corrected chi connectivity index (χ1v) is 6.14. The van der Waals surface area contributed by atoms with Crippen LogP contribution in [0.1, 0.15) is 32.6 Å². The van der Waals surface area contributed by atoms with E-state index in [1.54, 1.807) is 0 Å². The van der Waals surface area contributed by atoms with Gasteiger partial charge in [0.2, 0.25) is 5.91 Å². The Morgan fingerprint density at radius 3 is 2.67 bits per heavy atom. The third kappa shape index (κ3) is 3.49. The number of hydrogen-bond donors (Lipinski definition) is 1. The Morgan fingerprint density at radius 1 is 1.47 bits per heavy atom. The van der Waals surface area contributed by atoms with Crippen LogP contribution in [0, 0.1) is 11.8 Å². The molecule has 0 aromatic rings. The van der Waals surface area contributed by atoms with Gasteiger partial charge in [-0.15, -0.1) is 0 Å². The van der Waals surface area contributed by atoms with Crippen molar-refractivity contribution in [1.82, 2.24) is 10.2 Å². The highest BCUT2D eigenvalue weighted by molar-refractivity contribution is 5.76. The summed E-state index contributed by atoms with van der Waals surface area (Å²) in [6.07, 6.45) is 4.55. The first-order valence-electron chi connectivity index (χ1n) is 6.14. The average Bonchev–Trinajstić information content (AvgIpc) is 3.07. The van der Waals surface area contributed by atoms with Crippen molar-refractivity contribution in [2.75, 3.05) is 20.1 Å². The van der Waals surface area contributed by atoms with Crippen LogP contribution < -0.4 is 5.32 Å². The number of nitrogens with zero attached hydrogens (tertiary/aromatic N) is 1. The summed E-state index contributed by atoms with van der Waals surface area (Å²) in [5.74, 6) is 1.91. The first-order chi connectivity index (χ1) is 7.16. The van der Waals surface area contributed by atoms with Gasteiger partial charge in [0.1, 0.15) is 0 Å². The summed E-state index contributed by atoms with van der Waals surface area (Å²) in [6, 6.07) is 0.714. The zero-order chi connectivity index (χ0) is 10.8. The second-order valence-electron chi connectivity index (χ2n) is 5.23. The predicted molar refractivity (Wildman–Crippen MR) is 60.5 cm³/mol. The molecule has 15 heavy (non-hydrogen) atoms. The molecule has 0 radical (unpaired) electrons. The van der Waals surface area contributed by atoms with E-state index in [0.717, 1.165) is 24.9 Å². The van der Waals surface area contributed by atoms with Gasteiger partial charge in [-0.1, -0.05) is 6.92 Å². The van der Waals surface area contributed by atoms with Gasteiger partial charge in [-0.25, -0.2) is 0 Å². The fraction of sp³-hybridized carbons (Fsp3) is 0.917. The van der Waals surface area contributed by atoms with E-state index >= 15 is 0 Å². The highest BCUT2D eigenvalue weighted by Gasteiger charge is 2.34. The number of carbonyl (C=O) groups is 1. The molecule has 0 aromatic carbocycles. The maximum atomic E-state index is 11.7. The Hall–Kier alpha value is -0.570. The van der Waals surface area contributed by atoms with E-state index in [2.05, 4.69) is 12.2 Å². The van der Waals surface area contributed by atoms with Crippen LogP contribution in [0.4, 0.5) is 0 Å². The summed E-state index contributed by atoms with van der Waals surface area (Å²) in [5.41, 5.74) is 0. The number of carbonyl (C=O) groups excluding carboxylic acids is 1. The van der Waals surface area contributed by atoms with E-state index in [1.165, 1.54) is 19.3 Å². The minimum atomic E-state index is 0.294. The van der Waals surface area contributed by atoms with Crippen LogP contribution in [0.25, 0.3) is 0 Å². The Kier molecular flexibility index (Phi) is 3.29. The first kappa shape index (κ1) is 10.9. The molecule has 2 saturated carbocycles. The van der Waals surface area contributed by atoms with Gasteiger partial charge in [0.15, 0.2) is 0 Å². The Morgan fingerprint density at radius 2 is 2.13 bits per heavy atom. The molecular weight excluding hydrogens is 188 g/mol. The second-order valence-corrected chi connectivity index (χ2v) is 5.23. The van der Waals surface area contributed by atoms with E-state index in [-0.39, 0.29) is 0 Å². The lowest BCUT2D eigenvalue weighted by atomic mass is 10.3. The van der Waals surface area contributed by atoms with E-state index < -0.39 is 0 Å². The van der Waals surface area contributed by atoms with Crippen molar-refractivity contribution in [3.05, 3.63) is 0 Å². The number of hydrogen-bond acceptors (Lipinski definition) is 2. The van der Waals surface area contributed by atoms with Crippen LogP contribution in [0.5, 0.6) is 0 Å². The van der Waals surface area contributed by atoms with Gasteiger partial charge in [0.25, 0.3) is 0 Å². The maximum absolute atomic E-state index is 11.7. The van der Waals surface area contributed by atoms with Crippen molar-refractivity contribution in [2.24, 2.45) is 11.8 Å². The molecule has 0 saturated heterocycles. The molecule has 2 rings (SSSR count). The third-order valence-corrected chi connectivity index (χ3v) is 3.56. The summed E-state index contributed by atoms with van der Waals surface area (Å²) in [5, 5.41) is 3.37. The third-order valence-electron chi connectivity index (χ3n) is 3.56. The van der Waals surface area contributed by atoms with Crippen molar-refractivity contribution >= 4 is 5.91 Å². The van der Waals surface area contributed by atoms with Gasteiger partial charge in [-0.05, 0) is 31.1 Å². The quantitative estimate of drug-likeness (QED) is 0.715. The molecule has 2 unspecified atom stereocenters. The lowest BCUT2D eigenvalue weighted by molar-refractivity contribution is -0.130. The van der Waals surface area contributed by atoms with Crippen molar-refractivity contribution in [2.45, 2.75) is 38.6 Å². The molecule has 0 spiro atoms. The molecular formula is C12H22N2O. The lowest BCUT2D eigenvalue weighted by Crippen LogP contribution is -2.32. The highest BCUT2D eigenvalue weighted by atomic mass is 16.2. The second kappa shape index (κ2) is 4.52. The molecule has 0 aliphatic heterocycles. The van der Waals surface area contributed by atoms with Gasteiger partial charge in [-0.3, -0.25) is 4.79 Å². The van der Waals surface area contributed by atoms with Gasteiger partial charge in [0, 0.05) is 32.6 Å². The standard InChI is InChI=1S/C12H22N2O/c1-9-7-10(9)8-14(2)12(15)5-6-13-11-3-4-11/h9-11,13H,3-8H2,1-2H3. The van der Waals surface area contributed by atoms with Crippen LogP contribution in [0.15, 0.2) is 0 Å². The molecule has 0 bridgehead atoms. The maximum Gasteiger partial charge on any atom is 0.223 e. The lowest BCUT2D eigenvalue weighted by Gasteiger charge is -2.17. The Labute approximate surface area is 92.2 Å². The summed E-state index contributed by atoms with van der Waals surface area (Å²) >= 11 is 0. The summed E-state index contributed by atoms with van der Waals surface area (Å²) in [6.45, 7) is 4.08. The molecule has 2 atom stereocenters. The van der Waals surface area contributed by atoms with E-state index in [9.17, 15) is 4.79 Å². The Bertz CT molecular complexity index is 238.